The summed E-state index contributed by atoms with van der Waals surface area (Å²) in [5.74, 6) is -0.687. The van der Waals surface area contributed by atoms with Crippen LogP contribution in [0.2, 0.25) is 0 Å². The number of nitrogen functional groups attached to an aromatic ring is 1. The van der Waals surface area contributed by atoms with Gasteiger partial charge < -0.3 is 10.8 Å². The van der Waals surface area contributed by atoms with Crippen LogP contribution in [0, 0.1) is 0 Å². The lowest BCUT2D eigenvalue weighted by Crippen LogP contribution is -2.09. The van der Waals surface area contributed by atoms with E-state index in [1.165, 1.54) is 0 Å². The summed E-state index contributed by atoms with van der Waals surface area (Å²) in [7, 11) is 1.85. The van der Waals surface area contributed by atoms with Crippen LogP contribution in [0.15, 0.2) is 17.4 Å². The van der Waals surface area contributed by atoms with E-state index in [0.29, 0.717) is 18.1 Å². The van der Waals surface area contributed by atoms with Gasteiger partial charge in [-0.25, -0.2) is 0 Å². The third-order valence-corrected chi connectivity index (χ3v) is 3.38. The largest absolute Gasteiger partial charge is 0.481 e. The van der Waals surface area contributed by atoms with E-state index < -0.39 is 5.97 Å². The number of aliphatic carboxylic acids is 1. The van der Waals surface area contributed by atoms with Crippen molar-refractivity contribution in [3.63, 3.8) is 0 Å². The van der Waals surface area contributed by atoms with Gasteiger partial charge in [0.2, 0.25) is 5.95 Å². The fourth-order valence-corrected chi connectivity index (χ4v) is 2.26. The standard InChI is InChI=1S/C10H14N6O2S/c1-15-4-2-7(14-15)3-5-16-9(11)12-13-10(16)19-6-8(17)18/h2,4H,3,5-6H2,1H3,(H2,11,12)(H,17,18). The van der Waals surface area contributed by atoms with Gasteiger partial charge in [-0.3, -0.25) is 14.0 Å². The Bertz CT molecular complexity index is 578. The van der Waals surface area contributed by atoms with Crippen molar-refractivity contribution in [3.05, 3.63) is 18.0 Å². The predicted octanol–water partition coefficient (Wildman–Crippen LogP) is 0.0132. The molecule has 0 spiro atoms. The van der Waals surface area contributed by atoms with Gasteiger partial charge in [-0.2, -0.15) is 5.10 Å². The molecule has 0 aliphatic heterocycles. The van der Waals surface area contributed by atoms with E-state index in [0.717, 1.165) is 17.5 Å². The van der Waals surface area contributed by atoms with Crippen molar-refractivity contribution in [2.24, 2.45) is 7.05 Å². The zero-order valence-electron chi connectivity index (χ0n) is 10.4. The lowest BCUT2D eigenvalue weighted by atomic mass is 10.3. The number of thioether (sulfide) groups is 1. The SMILES string of the molecule is Cn1ccc(CCn2c(N)nnc2SCC(=O)O)n1. The molecule has 19 heavy (non-hydrogen) atoms. The van der Waals surface area contributed by atoms with Gasteiger partial charge in [-0.05, 0) is 6.07 Å². The smallest absolute Gasteiger partial charge is 0.313 e. The Balaban J connectivity index is 2.02. The molecule has 0 bridgehead atoms. The first kappa shape index (κ1) is 13.4. The summed E-state index contributed by atoms with van der Waals surface area (Å²) in [5, 5.41) is 21.1. The molecule has 0 unspecified atom stereocenters. The van der Waals surface area contributed by atoms with Gasteiger partial charge in [0.1, 0.15) is 0 Å². The molecule has 0 atom stereocenters. The molecule has 9 heteroatoms. The molecule has 2 heterocycles. The van der Waals surface area contributed by atoms with Crippen molar-refractivity contribution < 1.29 is 9.90 Å². The van der Waals surface area contributed by atoms with Crippen LogP contribution in [0.25, 0.3) is 0 Å². The van der Waals surface area contributed by atoms with Gasteiger partial charge >= 0.3 is 5.97 Å². The zero-order chi connectivity index (χ0) is 13.8. The number of rotatable bonds is 6. The summed E-state index contributed by atoms with van der Waals surface area (Å²) in [4.78, 5) is 10.6. The summed E-state index contributed by atoms with van der Waals surface area (Å²) in [6.07, 6.45) is 2.55. The number of aryl methyl sites for hydroxylation is 2. The van der Waals surface area contributed by atoms with Crippen molar-refractivity contribution in [1.29, 1.82) is 0 Å². The molecule has 0 fully saturated rings. The molecular weight excluding hydrogens is 268 g/mol. The highest BCUT2D eigenvalue weighted by molar-refractivity contribution is 7.99. The van der Waals surface area contributed by atoms with E-state index in [9.17, 15) is 4.79 Å². The molecule has 0 saturated heterocycles. The summed E-state index contributed by atoms with van der Waals surface area (Å²) < 4.78 is 3.42. The van der Waals surface area contributed by atoms with E-state index in [1.54, 1.807) is 9.25 Å². The number of carboxylic acids is 1. The van der Waals surface area contributed by atoms with Crippen molar-refractivity contribution >= 4 is 23.7 Å². The van der Waals surface area contributed by atoms with Crippen LogP contribution in [-0.2, 0) is 24.8 Å². The fourth-order valence-electron chi connectivity index (χ4n) is 1.57. The number of hydrogen-bond acceptors (Lipinski definition) is 6. The van der Waals surface area contributed by atoms with Crippen LogP contribution in [0.4, 0.5) is 5.95 Å². The monoisotopic (exact) mass is 282 g/mol. The maximum Gasteiger partial charge on any atom is 0.313 e. The lowest BCUT2D eigenvalue weighted by Gasteiger charge is -2.05. The number of carboxylic acid groups (broad SMARTS) is 1. The van der Waals surface area contributed by atoms with Gasteiger partial charge in [0.15, 0.2) is 5.16 Å². The van der Waals surface area contributed by atoms with Gasteiger partial charge in [0.25, 0.3) is 0 Å². The summed E-state index contributed by atoms with van der Waals surface area (Å²) in [5.41, 5.74) is 6.66. The minimum Gasteiger partial charge on any atom is -0.481 e. The Hall–Kier alpha value is -2.03. The van der Waals surface area contributed by atoms with Crippen LogP contribution in [0.3, 0.4) is 0 Å². The second-order valence-electron chi connectivity index (χ2n) is 3.91. The highest BCUT2D eigenvalue weighted by Gasteiger charge is 2.12. The third kappa shape index (κ3) is 3.47. The van der Waals surface area contributed by atoms with Crippen molar-refractivity contribution in [2.45, 2.75) is 18.1 Å². The van der Waals surface area contributed by atoms with E-state index >= 15 is 0 Å². The first-order valence-electron chi connectivity index (χ1n) is 5.58. The number of carbonyl (C=O) groups is 1. The summed E-state index contributed by atoms with van der Waals surface area (Å²) in [6, 6.07) is 1.92. The minimum absolute atomic E-state index is 0.0677. The fraction of sp³-hybridized carbons (Fsp3) is 0.400. The maximum atomic E-state index is 10.6. The van der Waals surface area contributed by atoms with Crippen LogP contribution in [-0.4, -0.2) is 41.4 Å². The number of hydrogen-bond donors (Lipinski definition) is 2. The van der Waals surface area contributed by atoms with Crippen molar-refractivity contribution in [3.8, 4) is 0 Å². The van der Waals surface area contributed by atoms with Crippen LogP contribution < -0.4 is 5.73 Å². The highest BCUT2D eigenvalue weighted by atomic mass is 32.2. The van der Waals surface area contributed by atoms with Crippen LogP contribution >= 0.6 is 11.8 Å². The molecular formula is C10H14N6O2S. The number of nitrogens with two attached hydrogens (primary N) is 1. The summed E-state index contributed by atoms with van der Waals surface area (Å²) >= 11 is 1.10. The molecule has 0 saturated carbocycles. The first-order chi connectivity index (χ1) is 9.06. The predicted molar refractivity (Wildman–Crippen MR) is 69.7 cm³/mol. The van der Waals surface area contributed by atoms with E-state index in [-0.39, 0.29) is 11.7 Å². The molecule has 0 aliphatic rings. The Morgan fingerprint density at radius 2 is 2.32 bits per heavy atom. The highest BCUT2D eigenvalue weighted by Crippen LogP contribution is 2.18. The average molecular weight is 282 g/mol. The molecule has 0 aromatic carbocycles. The second-order valence-corrected chi connectivity index (χ2v) is 4.85. The molecule has 0 radical (unpaired) electrons. The molecule has 0 amide bonds. The Kier molecular flexibility index (Phi) is 4.05. The van der Waals surface area contributed by atoms with Gasteiger partial charge in [0, 0.05) is 26.2 Å². The van der Waals surface area contributed by atoms with Gasteiger partial charge in [-0.15, -0.1) is 10.2 Å². The quantitative estimate of drug-likeness (QED) is 0.718. The van der Waals surface area contributed by atoms with Crippen molar-refractivity contribution in [2.75, 3.05) is 11.5 Å². The minimum atomic E-state index is -0.900. The van der Waals surface area contributed by atoms with E-state index in [2.05, 4.69) is 15.3 Å². The lowest BCUT2D eigenvalue weighted by molar-refractivity contribution is -0.133. The topological polar surface area (TPSA) is 112 Å². The number of aromatic nitrogens is 5. The van der Waals surface area contributed by atoms with E-state index in [1.807, 2.05) is 19.3 Å². The normalized spacial score (nSPS) is 10.8. The van der Waals surface area contributed by atoms with Crippen molar-refractivity contribution in [1.82, 2.24) is 24.5 Å². The molecule has 102 valence electrons. The second kappa shape index (κ2) is 5.74. The average Bonchev–Trinajstić information content (AvgIpc) is 2.91. The molecule has 8 nitrogen and oxygen atoms in total. The number of nitrogens with zero attached hydrogens (tertiary/aromatic N) is 5. The molecule has 2 aromatic rings. The molecule has 2 aromatic heterocycles. The van der Waals surface area contributed by atoms with Gasteiger partial charge in [0.05, 0.1) is 11.4 Å². The Labute approximate surface area is 113 Å². The molecule has 0 aliphatic carbocycles. The Morgan fingerprint density at radius 3 is 2.95 bits per heavy atom. The maximum absolute atomic E-state index is 10.6. The van der Waals surface area contributed by atoms with Crippen LogP contribution in [0.1, 0.15) is 5.69 Å². The van der Waals surface area contributed by atoms with Gasteiger partial charge in [-0.1, -0.05) is 11.8 Å². The zero-order valence-corrected chi connectivity index (χ0v) is 11.2. The third-order valence-electron chi connectivity index (χ3n) is 2.43. The molecule has 3 N–H and O–H groups in total. The number of anilines is 1. The summed E-state index contributed by atoms with van der Waals surface area (Å²) in [6.45, 7) is 0.567. The van der Waals surface area contributed by atoms with Crippen LogP contribution in [0.5, 0.6) is 0 Å². The molecule has 2 rings (SSSR count). The first-order valence-corrected chi connectivity index (χ1v) is 6.56. The van der Waals surface area contributed by atoms with E-state index in [4.69, 9.17) is 10.8 Å². The Morgan fingerprint density at radius 1 is 1.53 bits per heavy atom.